The fraction of sp³-hybridized carbons (Fsp3) is 0.130. The zero-order chi connectivity index (χ0) is 21.0. The first-order chi connectivity index (χ1) is 13.8. The minimum Gasteiger partial charge on any atom is -0.322 e. The van der Waals surface area contributed by atoms with Crippen LogP contribution in [-0.4, -0.2) is 22.6 Å². The summed E-state index contributed by atoms with van der Waals surface area (Å²) in [6.07, 6.45) is 1.42. The molecule has 6 heteroatoms. The van der Waals surface area contributed by atoms with Gasteiger partial charge in [0.1, 0.15) is 5.69 Å². The van der Waals surface area contributed by atoms with Crippen LogP contribution >= 0.6 is 0 Å². The van der Waals surface area contributed by atoms with Gasteiger partial charge < -0.3 is 10.6 Å². The van der Waals surface area contributed by atoms with E-state index in [0.29, 0.717) is 16.8 Å². The molecule has 2 amide bonds. The molecule has 0 aliphatic heterocycles. The number of carbonyl (C=O) groups is 3. The second-order valence-electron chi connectivity index (χ2n) is 6.79. The number of rotatable bonds is 5. The summed E-state index contributed by atoms with van der Waals surface area (Å²) < 4.78 is 0. The molecule has 1 heterocycles. The van der Waals surface area contributed by atoms with Crippen LogP contribution in [0.1, 0.15) is 49.3 Å². The first-order valence-corrected chi connectivity index (χ1v) is 9.10. The smallest absolute Gasteiger partial charge is 0.274 e. The van der Waals surface area contributed by atoms with Crippen LogP contribution in [0.2, 0.25) is 0 Å². The second kappa shape index (κ2) is 8.48. The quantitative estimate of drug-likeness (QED) is 0.635. The number of anilines is 2. The van der Waals surface area contributed by atoms with E-state index in [1.165, 1.54) is 19.2 Å². The number of benzene rings is 2. The van der Waals surface area contributed by atoms with Crippen molar-refractivity contribution in [2.24, 2.45) is 0 Å². The van der Waals surface area contributed by atoms with Crippen molar-refractivity contribution in [1.82, 2.24) is 4.98 Å². The van der Waals surface area contributed by atoms with E-state index < -0.39 is 5.91 Å². The van der Waals surface area contributed by atoms with E-state index in [4.69, 9.17) is 0 Å². The third-order valence-electron chi connectivity index (χ3n) is 4.45. The van der Waals surface area contributed by atoms with Gasteiger partial charge in [0.15, 0.2) is 5.78 Å². The number of hydrogen-bond acceptors (Lipinski definition) is 4. The Morgan fingerprint density at radius 3 is 2.21 bits per heavy atom. The van der Waals surface area contributed by atoms with Crippen molar-refractivity contribution in [3.05, 3.63) is 88.7 Å². The molecule has 0 bridgehead atoms. The summed E-state index contributed by atoms with van der Waals surface area (Å²) in [5, 5.41) is 5.58. The molecule has 3 aromatic rings. The van der Waals surface area contributed by atoms with Gasteiger partial charge in [0.05, 0.1) is 0 Å². The van der Waals surface area contributed by atoms with Crippen molar-refractivity contribution in [2.75, 3.05) is 10.6 Å². The minimum absolute atomic E-state index is 0.0490. The molecule has 2 N–H and O–H groups in total. The van der Waals surface area contributed by atoms with Crippen molar-refractivity contribution >= 4 is 29.0 Å². The highest BCUT2D eigenvalue weighted by Gasteiger charge is 2.13. The van der Waals surface area contributed by atoms with Gasteiger partial charge in [0.2, 0.25) is 0 Å². The predicted octanol–water partition coefficient (Wildman–Crippen LogP) is 4.41. The van der Waals surface area contributed by atoms with Gasteiger partial charge in [-0.1, -0.05) is 12.1 Å². The van der Waals surface area contributed by atoms with E-state index in [2.05, 4.69) is 15.6 Å². The van der Waals surface area contributed by atoms with Gasteiger partial charge in [-0.15, -0.1) is 0 Å². The van der Waals surface area contributed by atoms with Gasteiger partial charge in [-0.05, 0) is 74.4 Å². The summed E-state index contributed by atoms with van der Waals surface area (Å²) in [5.41, 5.74) is 4.26. The van der Waals surface area contributed by atoms with Crippen LogP contribution in [-0.2, 0) is 0 Å². The molecule has 0 aliphatic carbocycles. The summed E-state index contributed by atoms with van der Waals surface area (Å²) in [4.78, 5) is 40.5. The molecule has 0 radical (unpaired) electrons. The van der Waals surface area contributed by atoms with Crippen LogP contribution in [0.25, 0.3) is 0 Å². The molecule has 0 unspecified atom stereocenters. The molecule has 0 saturated heterocycles. The number of pyridine rings is 1. The van der Waals surface area contributed by atoms with Gasteiger partial charge in [-0.3, -0.25) is 19.4 Å². The Balaban J connectivity index is 1.74. The summed E-state index contributed by atoms with van der Waals surface area (Å²) in [6, 6.07) is 15.4. The molecular formula is C23H21N3O3. The molecule has 0 spiro atoms. The Labute approximate surface area is 169 Å². The fourth-order valence-electron chi connectivity index (χ4n) is 2.74. The van der Waals surface area contributed by atoms with E-state index in [9.17, 15) is 14.4 Å². The predicted molar refractivity (Wildman–Crippen MR) is 113 cm³/mol. The molecule has 29 heavy (non-hydrogen) atoms. The number of carbonyl (C=O) groups excluding carboxylic acids is 3. The minimum atomic E-state index is -0.443. The highest BCUT2D eigenvalue weighted by atomic mass is 16.2. The van der Waals surface area contributed by atoms with Crippen molar-refractivity contribution in [1.29, 1.82) is 0 Å². The maximum Gasteiger partial charge on any atom is 0.274 e. The van der Waals surface area contributed by atoms with Crippen LogP contribution in [0.4, 0.5) is 11.4 Å². The zero-order valence-corrected chi connectivity index (χ0v) is 16.4. The topological polar surface area (TPSA) is 88.2 Å². The molecule has 2 aromatic carbocycles. The fourth-order valence-corrected chi connectivity index (χ4v) is 2.74. The Bertz CT molecular complexity index is 1090. The van der Waals surface area contributed by atoms with Crippen molar-refractivity contribution < 1.29 is 14.4 Å². The average Bonchev–Trinajstić information content (AvgIpc) is 2.71. The van der Waals surface area contributed by atoms with E-state index in [1.54, 1.807) is 30.3 Å². The Kier molecular flexibility index (Phi) is 5.83. The number of aryl methyl sites for hydroxylation is 2. The van der Waals surface area contributed by atoms with Gasteiger partial charge in [-0.25, -0.2) is 0 Å². The first-order valence-electron chi connectivity index (χ1n) is 9.10. The number of aromatic nitrogens is 1. The zero-order valence-electron chi connectivity index (χ0n) is 16.4. The molecule has 146 valence electrons. The standard InChI is InChI=1S/C23H21N3O3/c1-14-4-5-15(2)20(12-14)26-22(28)18-10-11-24-21(13-18)23(29)25-19-8-6-17(7-9-19)16(3)27/h4-13H,1-3H3,(H,25,29)(H,26,28). The highest BCUT2D eigenvalue weighted by Crippen LogP contribution is 2.18. The Morgan fingerprint density at radius 1 is 0.793 bits per heavy atom. The molecule has 0 atom stereocenters. The average molecular weight is 387 g/mol. The van der Waals surface area contributed by atoms with Gasteiger partial charge >= 0.3 is 0 Å². The summed E-state index contributed by atoms with van der Waals surface area (Å²) in [7, 11) is 0. The number of nitrogens with zero attached hydrogens (tertiary/aromatic N) is 1. The van der Waals surface area contributed by atoms with Crippen molar-refractivity contribution in [2.45, 2.75) is 20.8 Å². The monoisotopic (exact) mass is 387 g/mol. The van der Waals surface area contributed by atoms with Gasteiger partial charge in [-0.2, -0.15) is 0 Å². The largest absolute Gasteiger partial charge is 0.322 e. The lowest BCUT2D eigenvalue weighted by Crippen LogP contribution is -2.17. The Hall–Kier alpha value is -3.80. The molecule has 0 fully saturated rings. The van der Waals surface area contributed by atoms with E-state index >= 15 is 0 Å². The van der Waals surface area contributed by atoms with Crippen molar-refractivity contribution in [3.63, 3.8) is 0 Å². The van der Waals surface area contributed by atoms with Gasteiger partial charge in [0.25, 0.3) is 11.8 Å². The maximum absolute atomic E-state index is 12.6. The van der Waals surface area contributed by atoms with E-state index in [-0.39, 0.29) is 17.4 Å². The first kappa shape index (κ1) is 19.9. The summed E-state index contributed by atoms with van der Waals surface area (Å²) in [6.45, 7) is 5.34. The van der Waals surface area contributed by atoms with E-state index in [1.807, 2.05) is 32.0 Å². The molecule has 0 saturated carbocycles. The van der Waals surface area contributed by atoms with Crippen LogP contribution in [0, 0.1) is 13.8 Å². The molecule has 1 aromatic heterocycles. The SMILES string of the molecule is CC(=O)c1ccc(NC(=O)c2cc(C(=O)Nc3cc(C)ccc3C)ccn2)cc1. The lowest BCUT2D eigenvalue weighted by Gasteiger charge is -2.10. The molecule has 0 aliphatic rings. The maximum atomic E-state index is 12.6. The summed E-state index contributed by atoms with van der Waals surface area (Å²) in [5.74, 6) is -0.810. The highest BCUT2D eigenvalue weighted by molar-refractivity contribution is 6.08. The third kappa shape index (κ3) is 4.93. The van der Waals surface area contributed by atoms with E-state index in [0.717, 1.165) is 16.8 Å². The number of amides is 2. The lowest BCUT2D eigenvalue weighted by atomic mass is 10.1. The third-order valence-corrected chi connectivity index (χ3v) is 4.45. The van der Waals surface area contributed by atoms with Crippen LogP contribution in [0.5, 0.6) is 0 Å². The molecular weight excluding hydrogens is 366 g/mol. The normalized spacial score (nSPS) is 10.3. The Morgan fingerprint density at radius 2 is 1.52 bits per heavy atom. The van der Waals surface area contributed by atoms with Gasteiger partial charge in [0, 0.05) is 28.7 Å². The summed E-state index contributed by atoms with van der Waals surface area (Å²) >= 11 is 0. The van der Waals surface area contributed by atoms with Crippen LogP contribution in [0.15, 0.2) is 60.8 Å². The molecule has 3 rings (SSSR count). The second-order valence-corrected chi connectivity index (χ2v) is 6.79. The van der Waals surface area contributed by atoms with Crippen molar-refractivity contribution in [3.8, 4) is 0 Å². The number of Topliss-reactive ketones (excluding diaryl/α,β-unsaturated/α-hetero) is 1. The number of nitrogens with one attached hydrogen (secondary N) is 2. The number of ketones is 1. The number of hydrogen-bond donors (Lipinski definition) is 2. The molecule has 6 nitrogen and oxygen atoms in total. The van der Waals surface area contributed by atoms with Crippen LogP contribution in [0.3, 0.4) is 0 Å². The van der Waals surface area contributed by atoms with Crippen LogP contribution < -0.4 is 10.6 Å². The lowest BCUT2D eigenvalue weighted by molar-refractivity contribution is 0.101.